The van der Waals surface area contributed by atoms with E-state index in [2.05, 4.69) is 29.3 Å². The van der Waals surface area contributed by atoms with E-state index in [4.69, 9.17) is 0 Å². The zero-order chi connectivity index (χ0) is 19.9. The van der Waals surface area contributed by atoms with Gasteiger partial charge in [0, 0.05) is 41.5 Å². The quantitative estimate of drug-likeness (QED) is 0.807. The summed E-state index contributed by atoms with van der Waals surface area (Å²) in [5.41, 5.74) is 0.369. The Bertz CT molecular complexity index is 823. The van der Waals surface area contributed by atoms with E-state index in [1.807, 2.05) is 0 Å². The van der Waals surface area contributed by atoms with Gasteiger partial charge < -0.3 is 10.2 Å². The van der Waals surface area contributed by atoms with Crippen LogP contribution in [0.4, 0.5) is 4.39 Å². The molecule has 0 radical (unpaired) electrons. The Hall–Kier alpha value is -2.25. The van der Waals surface area contributed by atoms with Crippen molar-refractivity contribution in [2.45, 2.75) is 26.3 Å². The number of nitrogens with one attached hydrogen (secondary N) is 1. The first-order valence-corrected chi connectivity index (χ1v) is 10.5. The van der Waals surface area contributed by atoms with Gasteiger partial charge >= 0.3 is 0 Å². The van der Waals surface area contributed by atoms with Crippen LogP contribution in [0.5, 0.6) is 0 Å². The highest BCUT2D eigenvalue weighted by atomic mass is 32.1. The number of amides is 2. The number of carbonyl (C=O) groups is 2. The van der Waals surface area contributed by atoms with Gasteiger partial charge in [-0.3, -0.25) is 14.5 Å². The lowest BCUT2D eigenvalue weighted by atomic mass is 10.2. The highest BCUT2D eigenvalue weighted by Gasteiger charge is 2.21. The van der Waals surface area contributed by atoms with Crippen molar-refractivity contribution in [3.05, 3.63) is 57.5 Å². The Morgan fingerprint density at radius 2 is 1.93 bits per heavy atom. The number of thiophene rings is 1. The minimum absolute atomic E-state index is 0.00337. The van der Waals surface area contributed by atoms with Crippen LogP contribution >= 0.6 is 11.3 Å². The standard InChI is InChI=1S/C21H26FN3O2S/c1-2-18-7-8-19(28-18)14-23-20(26)15-24-9-4-10-25(12-11-24)21(27)16-5-3-6-17(22)13-16/h3,5-8,13H,2,4,9-12,14-15H2,1H3,(H,23,26). The van der Waals surface area contributed by atoms with Crippen LogP contribution in [0.1, 0.15) is 33.5 Å². The molecule has 0 bridgehead atoms. The molecule has 1 fully saturated rings. The highest BCUT2D eigenvalue weighted by molar-refractivity contribution is 7.11. The number of halogens is 1. The lowest BCUT2D eigenvalue weighted by molar-refractivity contribution is -0.122. The van der Waals surface area contributed by atoms with E-state index in [-0.39, 0.29) is 11.8 Å². The number of benzene rings is 1. The summed E-state index contributed by atoms with van der Waals surface area (Å²) in [7, 11) is 0. The van der Waals surface area contributed by atoms with Crippen molar-refractivity contribution in [2.24, 2.45) is 0 Å². The molecule has 1 N–H and O–H groups in total. The van der Waals surface area contributed by atoms with Crippen molar-refractivity contribution < 1.29 is 14.0 Å². The zero-order valence-corrected chi connectivity index (χ0v) is 16.9. The van der Waals surface area contributed by atoms with Crippen molar-refractivity contribution in [2.75, 3.05) is 32.7 Å². The van der Waals surface area contributed by atoms with E-state index < -0.39 is 5.82 Å². The maximum atomic E-state index is 13.4. The average Bonchev–Trinajstić information content (AvgIpc) is 3.04. The molecule has 0 spiro atoms. The first-order valence-electron chi connectivity index (χ1n) is 9.66. The highest BCUT2D eigenvalue weighted by Crippen LogP contribution is 2.16. The second-order valence-electron chi connectivity index (χ2n) is 6.93. The molecule has 2 heterocycles. The van der Waals surface area contributed by atoms with Crippen molar-refractivity contribution in [3.63, 3.8) is 0 Å². The van der Waals surface area contributed by atoms with Gasteiger partial charge in [0.1, 0.15) is 5.82 Å². The Morgan fingerprint density at radius 3 is 2.68 bits per heavy atom. The minimum atomic E-state index is -0.407. The molecule has 7 heteroatoms. The molecule has 2 amide bonds. The van der Waals surface area contributed by atoms with E-state index in [1.54, 1.807) is 28.4 Å². The molecule has 1 saturated heterocycles. The minimum Gasteiger partial charge on any atom is -0.350 e. The molecule has 150 valence electrons. The van der Waals surface area contributed by atoms with E-state index in [1.165, 1.54) is 17.0 Å². The van der Waals surface area contributed by atoms with Gasteiger partial charge in [0.2, 0.25) is 5.91 Å². The number of aryl methyl sites for hydroxylation is 1. The van der Waals surface area contributed by atoms with Crippen LogP contribution in [0.2, 0.25) is 0 Å². The second kappa shape index (κ2) is 9.80. The molecule has 28 heavy (non-hydrogen) atoms. The van der Waals surface area contributed by atoms with Gasteiger partial charge in [0.25, 0.3) is 5.91 Å². The van der Waals surface area contributed by atoms with Gasteiger partial charge in [0.15, 0.2) is 0 Å². The van der Waals surface area contributed by atoms with E-state index in [9.17, 15) is 14.0 Å². The third kappa shape index (κ3) is 5.62. The summed E-state index contributed by atoms with van der Waals surface area (Å²) in [5, 5.41) is 2.98. The fourth-order valence-corrected chi connectivity index (χ4v) is 4.19. The number of hydrogen-bond donors (Lipinski definition) is 1. The monoisotopic (exact) mass is 403 g/mol. The van der Waals surface area contributed by atoms with Gasteiger partial charge in [-0.05, 0) is 43.2 Å². The molecular weight excluding hydrogens is 377 g/mol. The van der Waals surface area contributed by atoms with Gasteiger partial charge in [-0.25, -0.2) is 4.39 Å². The summed E-state index contributed by atoms with van der Waals surface area (Å²) in [5.74, 6) is -0.567. The van der Waals surface area contributed by atoms with Crippen LogP contribution in [-0.4, -0.2) is 54.3 Å². The first kappa shape index (κ1) is 20.5. The number of hydrogen-bond acceptors (Lipinski definition) is 4. The van der Waals surface area contributed by atoms with Crippen LogP contribution in [0, 0.1) is 5.82 Å². The molecule has 3 rings (SSSR count). The molecule has 0 saturated carbocycles. The van der Waals surface area contributed by atoms with Crippen LogP contribution < -0.4 is 5.32 Å². The lowest BCUT2D eigenvalue weighted by Crippen LogP contribution is -2.39. The lowest BCUT2D eigenvalue weighted by Gasteiger charge is -2.22. The summed E-state index contributed by atoms with van der Waals surface area (Å²) >= 11 is 1.73. The molecule has 0 aliphatic carbocycles. The van der Waals surface area contributed by atoms with Crippen LogP contribution in [0.15, 0.2) is 36.4 Å². The Balaban J connectivity index is 1.46. The SMILES string of the molecule is CCc1ccc(CNC(=O)CN2CCCN(C(=O)c3cccc(F)c3)CC2)s1. The largest absolute Gasteiger partial charge is 0.350 e. The summed E-state index contributed by atoms with van der Waals surface area (Å²) in [6.07, 6.45) is 1.80. The Labute approximate surface area is 169 Å². The van der Waals surface area contributed by atoms with Crippen molar-refractivity contribution in [3.8, 4) is 0 Å². The fraction of sp³-hybridized carbons (Fsp3) is 0.429. The van der Waals surface area contributed by atoms with Crippen molar-refractivity contribution in [1.82, 2.24) is 15.1 Å². The molecular formula is C21H26FN3O2S. The summed E-state index contributed by atoms with van der Waals surface area (Å²) in [4.78, 5) is 31.1. The predicted molar refractivity (Wildman–Crippen MR) is 109 cm³/mol. The summed E-state index contributed by atoms with van der Waals surface area (Å²) in [6.45, 7) is 5.55. The molecule has 5 nitrogen and oxygen atoms in total. The molecule has 0 unspecified atom stereocenters. The normalized spacial score (nSPS) is 15.3. The van der Waals surface area contributed by atoms with E-state index in [0.717, 1.165) is 24.3 Å². The number of carbonyl (C=O) groups excluding carboxylic acids is 2. The number of nitrogens with zero attached hydrogens (tertiary/aromatic N) is 2. The molecule has 1 aromatic carbocycles. The van der Waals surface area contributed by atoms with Gasteiger partial charge in [-0.1, -0.05) is 13.0 Å². The van der Waals surface area contributed by atoms with E-state index in [0.29, 0.717) is 38.3 Å². The number of rotatable bonds is 6. The van der Waals surface area contributed by atoms with Crippen LogP contribution in [0.3, 0.4) is 0 Å². The molecule has 1 aromatic heterocycles. The third-order valence-corrected chi connectivity index (χ3v) is 6.07. The predicted octanol–water partition coefficient (Wildman–Crippen LogP) is 2.91. The maximum absolute atomic E-state index is 13.4. The van der Waals surface area contributed by atoms with Crippen molar-refractivity contribution in [1.29, 1.82) is 0 Å². The Morgan fingerprint density at radius 1 is 1.11 bits per heavy atom. The third-order valence-electron chi connectivity index (χ3n) is 4.84. The zero-order valence-electron chi connectivity index (χ0n) is 16.1. The second-order valence-corrected chi connectivity index (χ2v) is 8.18. The van der Waals surface area contributed by atoms with Gasteiger partial charge in [-0.15, -0.1) is 11.3 Å². The first-order chi connectivity index (χ1) is 13.5. The average molecular weight is 404 g/mol. The topological polar surface area (TPSA) is 52.7 Å². The van der Waals surface area contributed by atoms with Crippen LogP contribution in [0.25, 0.3) is 0 Å². The summed E-state index contributed by atoms with van der Waals surface area (Å²) in [6, 6.07) is 9.95. The fourth-order valence-electron chi connectivity index (χ4n) is 3.29. The molecule has 0 atom stereocenters. The summed E-state index contributed by atoms with van der Waals surface area (Å²) < 4.78 is 13.4. The molecule has 2 aromatic rings. The molecule has 1 aliphatic heterocycles. The van der Waals surface area contributed by atoms with Gasteiger partial charge in [0.05, 0.1) is 13.1 Å². The van der Waals surface area contributed by atoms with Crippen molar-refractivity contribution >= 4 is 23.2 Å². The maximum Gasteiger partial charge on any atom is 0.254 e. The van der Waals surface area contributed by atoms with E-state index >= 15 is 0 Å². The van der Waals surface area contributed by atoms with Gasteiger partial charge in [-0.2, -0.15) is 0 Å². The van der Waals surface area contributed by atoms with Crippen LogP contribution in [-0.2, 0) is 17.8 Å². The Kier molecular flexibility index (Phi) is 7.17. The molecule has 1 aliphatic rings. The smallest absolute Gasteiger partial charge is 0.254 e.